The van der Waals surface area contributed by atoms with Crippen LogP contribution in [0.4, 0.5) is 0 Å². The summed E-state index contributed by atoms with van der Waals surface area (Å²) in [6.07, 6.45) is 2.14. The molecule has 1 aliphatic heterocycles. The van der Waals surface area contributed by atoms with Gasteiger partial charge < -0.3 is 14.7 Å². The van der Waals surface area contributed by atoms with Gasteiger partial charge >= 0.3 is 5.97 Å². The molecule has 10 heteroatoms. The summed E-state index contributed by atoms with van der Waals surface area (Å²) in [6, 6.07) is 17.3. The van der Waals surface area contributed by atoms with Crippen molar-refractivity contribution in [2.75, 3.05) is 7.11 Å². The van der Waals surface area contributed by atoms with Crippen molar-refractivity contribution in [3.05, 3.63) is 105 Å². The molecule has 1 fully saturated rings. The summed E-state index contributed by atoms with van der Waals surface area (Å²) < 4.78 is 4.73. The van der Waals surface area contributed by atoms with Gasteiger partial charge in [0.25, 0.3) is 11.8 Å². The number of carbonyl (C=O) groups is 3. The largest absolute Gasteiger partial charge is 0.465 e. The van der Waals surface area contributed by atoms with Gasteiger partial charge in [-0.1, -0.05) is 72.4 Å². The van der Waals surface area contributed by atoms with Crippen LogP contribution in [0.2, 0.25) is 10.0 Å². The van der Waals surface area contributed by atoms with Crippen LogP contribution in [0, 0.1) is 0 Å². The topological polar surface area (TPSA) is 105 Å². The number of hydrogen-bond acceptors (Lipinski definition) is 6. The second-order valence-corrected chi connectivity index (χ2v) is 11.1. The minimum Gasteiger partial charge on any atom is -0.465 e. The van der Waals surface area contributed by atoms with Crippen LogP contribution in [-0.4, -0.2) is 47.0 Å². The van der Waals surface area contributed by atoms with Gasteiger partial charge in [-0.25, -0.2) is 10.3 Å². The zero-order valence-corrected chi connectivity index (χ0v) is 23.9. The highest BCUT2D eigenvalue weighted by molar-refractivity contribution is 6.35. The summed E-state index contributed by atoms with van der Waals surface area (Å²) in [4.78, 5) is 46.9. The number of nitrogens with one attached hydrogen (secondary N) is 1. The molecule has 3 aromatic carbocycles. The second-order valence-electron chi connectivity index (χ2n) is 10.3. The summed E-state index contributed by atoms with van der Waals surface area (Å²) in [5, 5.41) is 11.8. The number of nitrogens with zero attached hydrogens (tertiary/aromatic N) is 1. The van der Waals surface area contributed by atoms with E-state index < -0.39 is 36.0 Å². The number of benzene rings is 3. The van der Waals surface area contributed by atoms with Crippen molar-refractivity contribution >= 4 is 41.0 Å². The van der Waals surface area contributed by atoms with Crippen LogP contribution in [-0.2, 0) is 21.0 Å². The van der Waals surface area contributed by atoms with Crippen molar-refractivity contribution in [2.45, 2.75) is 56.4 Å². The van der Waals surface area contributed by atoms with E-state index in [0.29, 0.717) is 45.1 Å². The van der Waals surface area contributed by atoms with Crippen LogP contribution in [0.3, 0.4) is 0 Å². The number of aliphatic hydroxyl groups excluding tert-OH is 1. The molecule has 4 atom stereocenters. The third kappa shape index (κ3) is 5.97. The minimum absolute atomic E-state index is 0.0396. The number of fused-ring (bicyclic) bond motifs is 1. The Morgan fingerprint density at radius 3 is 2.44 bits per heavy atom. The van der Waals surface area contributed by atoms with E-state index in [9.17, 15) is 19.5 Å². The fourth-order valence-electron chi connectivity index (χ4n) is 5.80. The summed E-state index contributed by atoms with van der Waals surface area (Å²) in [5.41, 5.74) is 5.18. The van der Waals surface area contributed by atoms with Gasteiger partial charge in [-0.3, -0.25) is 14.4 Å². The Kier molecular flexibility index (Phi) is 8.94. The molecule has 41 heavy (non-hydrogen) atoms. The van der Waals surface area contributed by atoms with Crippen molar-refractivity contribution in [3.8, 4) is 0 Å². The number of amides is 2. The van der Waals surface area contributed by atoms with Gasteiger partial charge in [0, 0.05) is 15.6 Å². The summed E-state index contributed by atoms with van der Waals surface area (Å²) >= 11 is 12.9. The van der Waals surface area contributed by atoms with Crippen molar-refractivity contribution in [3.63, 3.8) is 0 Å². The van der Waals surface area contributed by atoms with Gasteiger partial charge in [0.1, 0.15) is 0 Å². The van der Waals surface area contributed by atoms with Crippen molar-refractivity contribution in [1.82, 2.24) is 10.4 Å². The van der Waals surface area contributed by atoms with E-state index in [0.717, 1.165) is 18.4 Å². The smallest absolute Gasteiger partial charge is 0.337 e. The first-order valence-electron chi connectivity index (χ1n) is 13.4. The highest BCUT2D eigenvalue weighted by Crippen LogP contribution is 2.47. The van der Waals surface area contributed by atoms with Crippen LogP contribution < -0.4 is 5.48 Å². The van der Waals surface area contributed by atoms with Crippen LogP contribution in [0.25, 0.3) is 0 Å². The van der Waals surface area contributed by atoms with Crippen molar-refractivity contribution < 1.29 is 29.1 Å². The molecule has 5 rings (SSSR count). The van der Waals surface area contributed by atoms with Gasteiger partial charge in [0.2, 0.25) is 0 Å². The van der Waals surface area contributed by atoms with E-state index in [1.165, 1.54) is 7.11 Å². The molecule has 1 aliphatic carbocycles. The number of rotatable bonds is 7. The lowest BCUT2D eigenvalue weighted by Crippen LogP contribution is -2.55. The first kappa shape index (κ1) is 29.1. The van der Waals surface area contributed by atoms with E-state index in [-0.39, 0.29) is 12.5 Å². The van der Waals surface area contributed by atoms with Gasteiger partial charge in [-0.05, 0) is 59.9 Å². The molecule has 0 unspecified atom stereocenters. The maximum absolute atomic E-state index is 14.0. The van der Waals surface area contributed by atoms with E-state index in [1.807, 2.05) is 0 Å². The average Bonchev–Trinajstić information content (AvgIpc) is 2.98. The van der Waals surface area contributed by atoms with E-state index in [1.54, 1.807) is 71.6 Å². The zero-order chi connectivity index (χ0) is 29.1. The van der Waals surface area contributed by atoms with Crippen LogP contribution in [0.1, 0.15) is 75.0 Å². The molecule has 0 spiro atoms. The molecule has 0 radical (unpaired) electrons. The predicted molar refractivity (Wildman–Crippen MR) is 154 cm³/mol. The first-order chi connectivity index (χ1) is 19.8. The maximum atomic E-state index is 14.0. The van der Waals surface area contributed by atoms with Crippen LogP contribution in [0.5, 0.6) is 0 Å². The number of hydroxylamine groups is 1. The van der Waals surface area contributed by atoms with E-state index >= 15 is 0 Å². The van der Waals surface area contributed by atoms with Crippen LogP contribution >= 0.6 is 23.2 Å². The Morgan fingerprint density at radius 2 is 1.73 bits per heavy atom. The quantitative estimate of drug-likeness (QED) is 0.271. The molecule has 2 aliphatic rings. The summed E-state index contributed by atoms with van der Waals surface area (Å²) in [7, 11) is 1.31. The Hall–Kier alpha value is -3.43. The van der Waals surface area contributed by atoms with Gasteiger partial charge in [0.05, 0.1) is 43.4 Å². The third-order valence-electron chi connectivity index (χ3n) is 7.78. The number of halogens is 2. The Balaban J connectivity index is 1.49. The Morgan fingerprint density at radius 1 is 1.00 bits per heavy atom. The zero-order valence-electron chi connectivity index (χ0n) is 22.4. The third-order valence-corrected chi connectivity index (χ3v) is 8.34. The fourth-order valence-corrected chi connectivity index (χ4v) is 6.32. The summed E-state index contributed by atoms with van der Waals surface area (Å²) in [6.45, 7) is 0.0396. The molecular formula is C31H30Cl2N2O6. The predicted octanol–water partition coefficient (Wildman–Crippen LogP) is 5.61. The fraction of sp³-hybridized carbons (Fsp3) is 0.323. The normalized spacial score (nSPS) is 22.1. The maximum Gasteiger partial charge on any atom is 0.337 e. The molecule has 2 amide bonds. The molecule has 0 saturated heterocycles. The van der Waals surface area contributed by atoms with Gasteiger partial charge in [-0.15, -0.1) is 0 Å². The lowest BCUT2D eigenvalue weighted by Gasteiger charge is -2.48. The Bertz CT molecular complexity index is 1450. The van der Waals surface area contributed by atoms with Crippen LogP contribution in [0.15, 0.2) is 66.7 Å². The molecular weight excluding hydrogens is 567 g/mol. The lowest BCUT2D eigenvalue weighted by molar-refractivity contribution is -0.138. The number of esters is 1. The SMILES string of the molecule is COC(=O)c1ccc(CONC(=O)[C@@H]2c3ccccc3C(=O)N([C@H]3CCCC[C@@H]3O)[C@H]2c2ccc(Cl)cc2Cl)cc1. The minimum atomic E-state index is -0.890. The molecule has 1 heterocycles. The monoisotopic (exact) mass is 596 g/mol. The van der Waals surface area contributed by atoms with Gasteiger partial charge in [-0.2, -0.15) is 0 Å². The standard InChI is InChI=1S/C31H30Cl2N2O6/c1-40-31(39)19-12-10-18(11-13-19)17-41-34-29(37)27-21-6-2-3-7-22(21)30(38)35(25-8-4-5-9-26(25)36)28(27)23-15-14-20(32)16-24(23)33/h2-3,6-7,10-16,25-28,36H,4-5,8-9,17H2,1H3,(H,34,37)/t25-,26-,27+,28-/m0/s1. The van der Waals surface area contributed by atoms with E-state index in [4.69, 9.17) is 32.8 Å². The lowest BCUT2D eigenvalue weighted by atomic mass is 9.77. The molecule has 8 nitrogen and oxygen atoms in total. The number of aliphatic hydroxyl groups is 1. The molecule has 214 valence electrons. The van der Waals surface area contributed by atoms with Crippen molar-refractivity contribution in [2.24, 2.45) is 0 Å². The molecule has 3 aromatic rings. The van der Waals surface area contributed by atoms with Gasteiger partial charge in [0.15, 0.2) is 0 Å². The number of methoxy groups -OCH3 is 1. The average molecular weight is 597 g/mol. The molecule has 2 N–H and O–H groups in total. The van der Waals surface area contributed by atoms with Crippen molar-refractivity contribution in [1.29, 1.82) is 0 Å². The molecule has 0 aromatic heterocycles. The highest BCUT2D eigenvalue weighted by atomic mass is 35.5. The molecule has 0 bridgehead atoms. The highest BCUT2D eigenvalue weighted by Gasteiger charge is 2.49. The Labute approximate surface area is 248 Å². The second kappa shape index (κ2) is 12.6. The number of hydrogen-bond donors (Lipinski definition) is 2. The number of carbonyl (C=O) groups excluding carboxylic acids is 3. The summed E-state index contributed by atoms with van der Waals surface area (Å²) in [5.74, 6) is -2.07. The number of ether oxygens (including phenoxy) is 1. The van der Waals surface area contributed by atoms with E-state index in [2.05, 4.69) is 5.48 Å². The molecule has 1 saturated carbocycles. The first-order valence-corrected chi connectivity index (χ1v) is 14.2.